The Balaban J connectivity index is 2.16. The second-order valence-corrected chi connectivity index (χ2v) is 5.56. The van der Waals surface area contributed by atoms with E-state index in [0.717, 1.165) is 30.8 Å². The van der Waals surface area contributed by atoms with Crippen LogP contribution in [0.2, 0.25) is 0 Å². The molecule has 1 aliphatic rings. The Labute approximate surface area is 101 Å². The molecule has 0 aliphatic carbocycles. The van der Waals surface area contributed by atoms with Crippen molar-refractivity contribution in [2.75, 3.05) is 12.9 Å². The van der Waals surface area contributed by atoms with Gasteiger partial charge in [-0.1, -0.05) is 12.1 Å². The number of nitrogens with zero attached hydrogens (tertiary/aromatic N) is 1. The Morgan fingerprint density at radius 2 is 2.44 bits per heavy atom. The molecule has 84 valence electrons. The molecule has 1 aromatic carbocycles. The SMILES string of the molecule is COc1cccc(CC2(C#N)CCCS2)c1. The van der Waals surface area contributed by atoms with Crippen molar-refractivity contribution in [3.8, 4) is 11.8 Å². The molecule has 1 fully saturated rings. The van der Waals surface area contributed by atoms with Gasteiger partial charge in [0.15, 0.2) is 0 Å². The van der Waals surface area contributed by atoms with E-state index in [2.05, 4.69) is 12.1 Å². The van der Waals surface area contributed by atoms with Gasteiger partial charge >= 0.3 is 0 Å². The highest BCUT2D eigenvalue weighted by atomic mass is 32.2. The maximum atomic E-state index is 9.30. The molecule has 0 aromatic heterocycles. The third-order valence-corrected chi connectivity index (χ3v) is 4.42. The van der Waals surface area contributed by atoms with Crippen LogP contribution < -0.4 is 4.74 Å². The third kappa shape index (κ3) is 2.33. The van der Waals surface area contributed by atoms with Gasteiger partial charge in [-0.15, -0.1) is 11.8 Å². The second kappa shape index (κ2) is 4.80. The zero-order valence-electron chi connectivity index (χ0n) is 9.40. The van der Waals surface area contributed by atoms with E-state index < -0.39 is 0 Å². The summed E-state index contributed by atoms with van der Waals surface area (Å²) in [5.41, 5.74) is 1.19. The molecule has 1 aliphatic heterocycles. The number of ether oxygens (including phenoxy) is 1. The smallest absolute Gasteiger partial charge is 0.119 e. The molecule has 0 N–H and O–H groups in total. The van der Waals surface area contributed by atoms with Gasteiger partial charge in [-0.2, -0.15) is 5.26 Å². The number of hydrogen-bond donors (Lipinski definition) is 0. The van der Waals surface area contributed by atoms with E-state index in [0.29, 0.717) is 0 Å². The summed E-state index contributed by atoms with van der Waals surface area (Å²) in [5.74, 6) is 1.98. The van der Waals surface area contributed by atoms with Crippen LogP contribution in [0, 0.1) is 11.3 Å². The minimum atomic E-state index is -0.202. The molecule has 0 radical (unpaired) electrons. The van der Waals surface area contributed by atoms with Crippen LogP contribution in [0.3, 0.4) is 0 Å². The maximum Gasteiger partial charge on any atom is 0.119 e. The van der Waals surface area contributed by atoms with Crippen LogP contribution in [0.4, 0.5) is 0 Å². The van der Waals surface area contributed by atoms with Crippen LogP contribution in [0.1, 0.15) is 18.4 Å². The number of benzene rings is 1. The minimum absolute atomic E-state index is 0.202. The van der Waals surface area contributed by atoms with Gasteiger partial charge in [-0.3, -0.25) is 0 Å². The average molecular weight is 233 g/mol. The van der Waals surface area contributed by atoms with Gasteiger partial charge in [0, 0.05) is 6.42 Å². The van der Waals surface area contributed by atoms with Crippen LogP contribution in [-0.2, 0) is 6.42 Å². The molecule has 0 spiro atoms. The van der Waals surface area contributed by atoms with Crippen molar-refractivity contribution in [1.82, 2.24) is 0 Å². The van der Waals surface area contributed by atoms with E-state index in [1.165, 1.54) is 5.56 Å². The number of rotatable bonds is 3. The highest BCUT2D eigenvalue weighted by molar-refractivity contribution is 8.01. The Kier molecular flexibility index (Phi) is 3.40. The zero-order valence-corrected chi connectivity index (χ0v) is 10.2. The second-order valence-electron chi connectivity index (χ2n) is 4.09. The first kappa shape index (κ1) is 11.3. The van der Waals surface area contributed by atoms with Crippen LogP contribution in [0.25, 0.3) is 0 Å². The van der Waals surface area contributed by atoms with Crippen molar-refractivity contribution >= 4 is 11.8 Å². The molecule has 0 saturated carbocycles. The number of methoxy groups -OCH3 is 1. The number of hydrogen-bond acceptors (Lipinski definition) is 3. The van der Waals surface area contributed by atoms with Crippen molar-refractivity contribution in [3.05, 3.63) is 29.8 Å². The fourth-order valence-corrected chi connectivity index (χ4v) is 3.38. The molecule has 0 amide bonds. The fraction of sp³-hybridized carbons (Fsp3) is 0.462. The summed E-state index contributed by atoms with van der Waals surface area (Å²) in [6, 6.07) is 10.5. The molecule has 1 heterocycles. The molecule has 1 unspecified atom stereocenters. The highest BCUT2D eigenvalue weighted by Gasteiger charge is 2.34. The van der Waals surface area contributed by atoms with Gasteiger partial charge in [0.2, 0.25) is 0 Å². The standard InChI is InChI=1S/C13H15NOS/c1-15-12-5-2-4-11(8-12)9-13(10-14)6-3-7-16-13/h2,4-5,8H,3,6-7,9H2,1H3. The fourth-order valence-electron chi connectivity index (χ4n) is 2.08. The lowest BCUT2D eigenvalue weighted by Gasteiger charge is -2.19. The summed E-state index contributed by atoms with van der Waals surface area (Å²) in [6.07, 6.45) is 2.99. The third-order valence-electron chi connectivity index (χ3n) is 2.93. The summed E-state index contributed by atoms with van der Waals surface area (Å²) >= 11 is 1.80. The summed E-state index contributed by atoms with van der Waals surface area (Å²) in [5, 5.41) is 9.30. The molecule has 1 saturated heterocycles. The monoisotopic (exact) mass is 233 g/mol. The van der Waals surface area contributed by atoms with Gasteiger partial charge in [0.25, 0.3) is 0 Å². The van der Waals surface area contributed by atoms with Gasteiger partial charge in [-0.25, -0.2) is 0 Å². The van der Waals surface area contributed by atoms with Crippen molar-refractivity contribution < 1.29 is 4.74 Å². The Hall–Kier alpha value is -1.14. The summed E-state index contributed by atoms with van der Waals surface area (Å²) in [4.78, 5) is 0. The predicted octanol–water partition coefficient (Wildman–Crippen LogP) is 3.03. The lowest BCUT2D eigenvalue weighted by Crippen LogP contribution is -2.21. The van der Waals surface area contributed by atoms with Gasteiger partial charge in [-0.05, 0) is 36.3 Å². The Bertz CT molecular complexity index is 405. The van der Waals surface area contributed by atoms with E-state index in [4.69, 9.17) is 4.74 Å². The minimum Gasteiger partial charge on any atom is -0.497 e. The normalized spacial score (nSPS) is 24.0. The number of nitriles is 1. The summed E-state index contributed by atoms with van der Waals surface area (Å²) < 4.78 is 4.99. The van der Waals surface area contributed by atoms with Crippen molar-refractivity contribution in [2.24, 2.45) is 0 Å². The Morgan fingerprint density at radius 3 is 3.06 bits per heavy atom. The molecule has 3 heteroatoms. The van der Waals surface area contributed by atoms with Crippen LogP contribution in [0.15, 0.2) is 24.3 Å². The molecule has 0 bridgehead atoms. The van der Waals surface area contributed by atoms with E-state index in [1.807, 2.05) is 18.2 Å². The van der Waals surface area contributed by atoms with Crippen LogP contribution in [-0.4, -0.2) is 17.6 Å². The van der Waals surface area contributed by atoms with Crippen LogP contribution >= 0.6 is 11.8 Å². The number of thioether (sulfide) groups is 1. The molecular formula is C13H15NOS. The molecule has 16 heavy (non-hydrogen) atoms. The Morgan fingerprint density at radius 1 is 1.56 bits per heavy atom. The topological polar surface area (TPSA) is 33.0 Å². The van der Waals surface area contributed by atoms with Crippen LogP contribution in [0.5, 0.6) is 5.75 Å². The average Bonchev–Trinajstić information content (AvgIpc) is 2.78. The molecule has 1 atom stereocenters. The van der Waals surface area contributed by atoms with Crippen molar-refractivity contribution in [2.45, 2.75) is 24.0 Å². The quantitative estimate of drug-likeness (QED) is 0.804. The lowest BCUT2D eigenvalue weighted by molar-refractivity contribution is 0.414. The van der Waals surface area contributed by atoms with Crippen molar-refractivity contribution in [3.63, 3.8) is 0 Å². The van der Waals surface area contributed by atoms with Gasteiger partial charge in [0.1, 0.15) is 10.5 Å². The lowest BCUT2D eigenvalue weighted by atomic mass is 9.96. The summed E-state index contributed by atoms with van der Waals surface area (Å²) in [6.45, 7) is 0. The highest BCUT2D eigenvalue weighted by Crippen LogP contribution is 2.40. The molecular weight excluding hydrogens is 218 g/mol. The molecule has 1 aromatic rings. The van der Waals surface area contributed by atoms with E-state index in [1.54, 1.807) is 18.9 Å². The van der Waals surface area contributed by atoms with Crippen molar-refractivity contribution in [1.29, 1.82) is 5.26 Å². The zero-order chi connectivity index (χ0) is 11.4. The van der Waals surface area contributed by atoms with Gasteiger partial charge < -0.3 is 4.74 Å². The molecule has 2 rings (SSSR count). The first-order chi connectivity index (χ1) is 7.78. The van der Waals surface area contributed by atoms with Gasteiger partial charge in [0.05, 0.1) is 13.2 Å². The maximum absolute atomic E-state index is 9.30. The van der Waals surface area contributed by atoms with E-state index >= 15 is 0 Å². The van der Waals surface area contributed by atoms with E-state index in [9.17, 15) is 5.26 Å². The first-order valence-corrected chi connectivity index (χ1v) is 6.45. The summed E-state index contributed by atoms with van der Waals surface area (Å²) in [7, 11) is 1.67. The largest absolute Gasteiger partial charge is 0.497 e. The first-order valence-electron chi connectivity index (χ1n) is 5.46. The van der Waals surface area contributed by atoms with E-state index in [-0.39, 0.29) is 4.75 Å². The molecule has 2 nitrogen and oxygen atoms in total. The predicted molar refractivity (Wildman–Crippen MR) is 66.7 cm³/mol.